The van der Waals surface area contributed by atoms with Crippen molar-refractivity contribution < 1.29 is 22.4 Å². The van der Waals surface area contributed by atoms with Crippen LogP contribution in [0, 0.1) is 19.8 Å². The van der Waals surface area contributed by atoms with E-state index in [1.807, 2.05) is 17.9 Å². The van der Waals surface area contributed by atoms with E-state index in [1.54, 1.807) is 13.0 Å². The molecule has 0 amide bonds. The molecule has 0 saturated carbocycles. The van der Waals surface area contributed by atoms with Gasteiger partial charge in [0.2, 0.25) is 0 Å². The SMILES string of the molecule is Cc1ccc(-c2noc(C)c2Cn2ncc(N3CC4(C[C@@H](C(F)(F)F)CCO4)C3)cc2=O)nn1. The Morgan fingerprint density at radius 2 is 2.00 bits per heavy atom. The Balaban J connectivity index is 1.30. The van der Waals surface area contributed by atoms with Crippen LogP contribution in [-0.4, -0.2) is 56.6 Å². The van der Waals surface area contributed by atoms with E-state index in [9.17, 15) is 18.0 Å². The number of ether oxygens (including phenoxy) is 1. The van der Waals surface area contributed by atoms with E-state index in [-0.39, 0.29) is 31.6 Å². The largest absolute Gasteiger partial charge is 0.392 e. The van der Waals surface area contributed by atoms with Gasteiger partial charge in [0.15, 0.2) is 0 Å². The first-order chi connectivity index (χ1) is 16.1. The van der Waals surface area contributed by atoms with E-state index in [4.69, 9.17) is 9.26 Å². The first-order valence-electron chi connectivity index (χ1n) is 10.9. The average molecular weight is 476 g/mol. The molecule has 2 aliphatic heterocycles. The maximum absolute atomic E-state index is 13.2. The Labute approximate surface area is 192 Å². The van der Waals surface area contributed by atoms with E-state index in [1.165, 1.54) is 16.9 Å². The second-order valence-electron chi connectivity index (χ2n) is 8.95. The number of rotatable bonds is 4. The summed E-state index contributed by atoms with van der Waals surface area (Å²) >= 11 is 0. The first-order valence-corrected chi connectivity index (χ1v) is 10.9. The lowest BCUT2D eigenvalue weighted by atomic mass is 9.80. The highest BCUT2D eigenvalue weighted by Crippen LogP contribution is 2.44. The van der Waals surface area contributed by atoms with Gasteiger partial charge in [-0.1, -0.05) is 5.16 Å². The summed E-state index contributed by atoms with van der Waals surface area (Å²) in [6, 6.07) is 5.01. The molecule has 34 heavy (non-hydrogen) atoms. The first kappa shape index (κ1) is 22.5. The van der Waals surface area contributed by atoms with Crippen LogP contribution in [0.25, 0.3) is 11.4 Å². The molecule has 0 unspecified atom stereocenters. The maximum atomic E-state index is 13.2. The molecule has 3 aromatic rings. The van der Waals surface area contributed by atoms with Gasteiger partial charge in [0.25, 0.3) is 5.56 Å². The van der Waals surface area contributed by atoms with Gasteiger partial charge in [0.05, 0.1) is 30.0 Å². The molecule has 1 atom stereocenters. The molecule has 3 aromatic heterocycles. The van der Waals surface area contributed by atoms with Crippen LogP contribution in [0.4, 0.5) is 18.9 Å². The monoisotopic (exact) mass is 476 g/mol. The normalized spacial score (nSPS) is 19.9. The molecule has 0 aliphatic carbocycles. The third-order valence-corrected chi connectivity index (χ3v) is 6.47. The summed E-state index contributed by atoms with van der Waals surface area (Å²) in [4.78, 5) is 14.6. The van der Waals surface area contributed by atoms with E-state index >= 15 is 0 Å². The van der Waals surface area contributed by atoms with E-state index in [0.29, 0.717) is 41.5 Å². The highest BCUT2D eigenvalue weighted by molar-refractivity contribution is 5.58. The van der Waals surface area contributed by atoms with Gasteiger partial charge in [-0.25, -0.2) is 4.68 Å². The zero-order chi connectivity index (χ0) is 24.1. The molecule has 5 rings (SSSR count). The molecule has 9 nitrogen and oxygen atoms in total. The van der Waals surface area contributed by atoms with Crippen molar-refractivity contribution in [3.63, 3.8) is 0 Å². The van der Waals surface area contributed by atoms with Crippen LogP contribution in [0.1, 0.15) is 29.9 Å². The van der Waals surface area contributed by atoms with Crippen molar-refractivity contribution in [1.29, 1.82) is 0 Å². The number of hydrogen-bond acceptors (Lipinski definition) is 8. The van der Waals surface area contributed by atoms with Gasteiger partial charge in [-0.15, -0.1) is 5.10 Å². The molecule has 2 aliphatic rings. The Bertz CT molecular complexity index is 1250. The van der Waals surface area contributed by atoms with Crippen molar-refractivity contribution in [1.82, 2.24) is 25.1 Å². The van der Waals surface area contributed by atoms with E-state index < -0.39 is 17.7 Å². The zero-order valence-corrected chi connectivity index (χ0v) is 18.7. The molecule has 0 radical (unpaired) electrons. The van der Waals surface area contributed by atoms with Crippen molar-refractivity contribution in [2.24, 2.45) is 5.92 Å². The Hall–Kier alpha value is -3.28. The Kier molecular flexibility index (Phi) is 5.42. The number of aromatic nitrogens is 5. The molecule has 5 heterocycles. The third kappa shape index (κ3) is 4.17. The maximum Gasteiger partial charge on any atom is 0.392 e. The van der Waals surface area contributed by atoms with Crippen LogP contribution < -0.4 is 10.5 Å². The van der Waals surface area contributed by atoms with Crippen molar-refractivity contribution in [2.45, 2.75) is 45.0 Å². The highest BCUT2D eigenvalue weighted by atomic mass is 19.4. The second kappa shape index (κ2) is 8.19. The fraction of sp³-hybridized carbons (Fsp3) is 0.500. The van der Waals surface area contributed by atoms with Crippen molar-refractivity contribution >= 4 is 5.69 Å². The van der Waals surface area contributed by atoms with Crippen molar-refractivity contribution in [2.75, 3.05) is 24.6 Å². The molecule has 2 fully saturated rings. The Morgan fingerprint density at radius 3 is 2.68 bits per heavy atom. The van der Waals surface area contributed by atoms with Gasteiger partial charge >= 0.3 is 6.18 Å². The quantitative estimate of drug-likeness (QED) is 0.567. The number of hydrogen-bond donors (Lipinski definition) is 0. The summed E-state index contributed by atoms with van der Waals surface area (Å²) < 4.78 is 51.8. The minimum atomic E-state index is -4.22. The van der Waals surface area contributed by atoms with Gasteiger partial charge in [-0.05, 0) is 38.8 Å². The van der Waals surface area contributed by atoms with E-state index in [0.717, 1.165) is 5.69 Å². The fourth-order valence-corrected chi connectivity index (χ4v) is 4.53. The van der Waals surface area contributed by atoms with Gasteiger partial charge in [0, 0.05) is 31.3 Å². The molecule has 180 valence electrons. The molecular weight excluding hydrogens is 453 g/mol. The van der Waals surface area contributed by atoms with Crippen LogP contribution in [0.15, 0.2) is 33.7 Å². The standard InChI is InChI=1S/C22H23F3N6O3/c1-13-3-4-18(28-27-13)20-17(14(2)34-29-20)10-31-19(32)7-16(9-26-31)30-11-21(12-30)8-15(5-6-33-21)22(23,24)25/h3-4,7,9,15H,5-6,8,10-12H2,1-2H3/t15-/m0/s1. The lowest BCUT2D eigenvalue weighted by molar-refractivity contribution is -0.223. The molecule has 0 aromatic carbocycles. The lowest BCUT2D eigenvalue weighted by Gasteiger charge is -2.54. The molecule has 0 N–H and O–H groups in total. The van der Waals surface area contributed by atoms with Crippen molar-refractivity contribution in [3.8, 4) is 11.4 Å². The molecular formula is C22H23F3N6O3. The number of alkyl halides is 3. The summed E-state index contributed by atoms with van der Waals surface area (Å²) in [5.74, 6) is -0.817. The van der Waals surface area contributed by atoms with Gasteiger partial charge in [0.1, 0.15) is 22.7 Å². The van der Waals surface area contributed by atoms with Crippen molar-refractivity contribution in [3.05, 3.63) is 51.8 Å². The molecule has 1 spiro atoms. The van der Waals surface area contributed by atoms with Crippen LogP contribution in [0.3, 0.4) is 0 Å². The summed E-state index contributed by atoms with van der Waals surface area (Å²) in [6.07, 6.45) is -2.76. The molecule has 12 heteroatoms. The zero-order valence-electron chi connectivity index (χ0n) is 18.7. The van der Waals surface area contributed by atoms with Crippen LogP contribution in [0.5, 0.6) is 0 Å². The minimum Gasteiger partial charge on any atom is -0.371 e. The predicted octanol–water partition coefficient (Wildman–Crippen LogP) is 2.90. The molecule has 0 bridgehead atoms. The fourth-order valence-electron chi connectivity index (χ4n) is 4.53. The second-order valence-corrected chi connectivity index (χ2v) is 8.95. The van der Waals surface area contributed by atoms with Gasteiger partial charge in [-0.2, -0.15) is 23.4 Å². The smallest absolute Gasteiger partial charge is 0.371 e. The summed E-state index contributed by atoms with van der Waals surface area (Å²) in [6.45, 7) is 4.37. The minimum absolute atomic E-state index is 0.0126. The molecule has 2 saturated heterocycles. The number of anilines is 1. The predicted molar refractivity (Wildman–Crippen MR) is 114 cm³/mol. The number of aryl methyl sites for hydroxylation is 2. The van der Waals surface area contributed by atoms with Gasteiger partial charge in [-0.3, -0.25) is 4.79 Å². The highest BCUT2D eigenvalue weighted by Gasteiger charge is 2.53. The van der Waals surface area contributed by atoms with Crippen LogP contribution in [0.2, 0.25) is 0 Å². The van der Waals surface area contributed by atoms with Crippen LogP contribution >= 0.6 is 0 Å². The topological polar surface area (TPSA) is 99.2 Å². The lowest BCUT2D eigenvalue weighted by Crippen LogP contribution is -2.66. The summed E-state index contributed by atoms with van der Waals surface area (Å²) in [5.41, 5.74) is 1.82. The number of halogens is 3. The van der Waals surface area contributed by atoms with E-state index in [2.05, 4.69) is 20.5 Å². The van der Waals surface area contributed by atoms with Gasteiger partial charge < -0.3 is 14.2 Å². The average Bonchev–Trinajstić information content (AvgIpc) is 3.13. The third-order valence-electron chi connectivity index (χ3n) is 6.47. The Morgan fingerprint density at radius 1 is 1.21 bits per heavy atom. The summed E-state index contributed by atoms with van der Waals surface area (Å²) in [7, 11) is 0. The summed E-state index contributed by atoms with van der Waals surface area (Å²) in [5, 5.41) is 16.5. The number of nitrogens with zero attached hydrogens (tertiary/aromatic N) is 6. The van der Waals surface area contributed by atoms with Crippen LogP contribution in [-0.2, 0) is 11.3 Å².